The Kier molecular flexibility index (Phi) is 2.98. The lowest BCUT2D eigenvalue weighted by atomic mass is 10.1. The number of aromatic nitrogens is 2. The zero-order chi connectivity index (χ0) is 13.4. The van der Waals surface area contributed by atoms with E-state index in [9.17, 15) is 9.90 Å². The topological polar surface area (TPSA) is 64.3 Å². The molecule has 0 amide bonds. The fourth-order valence-electron chi connectivity index (χ4n) is 2.65. The van der Waals surface area contributed by atoms with Crippen LogP contribution in [-0.2, 0) is 11.3 Å². The van der Waals surface area contributed by atoms with Crippen molar-refractivity contribution in [2.75, 3.05) is 13.2 Å². The van der Waals surface area contributed by atoms with Crippen LogP contribution in [0.4, 0.5) is 0 Å². The van der Waals surface area contributed by atoms with Crippen LogP contribution < -0.4 is 0 Å². The first-order valence-corrected chi connectivity index (χ1v) is 6.43. The SMILES string of the molecule is Cc1nc2c(C(=O)O)cccc2n1CC1CCOC1. The van der Waals surface area contributed by atoms with Gasteiger partial charge in [0.25, 0.3) is 0 Å². The van der Waals surface area contributed by atoms with Crippen molar-refractivity contribution in [2.24, 2.45) is 5.92 Å². The Balaban J connectivity index is 2.06. The van der Waals surface area contributed by atoms with Crippen LogP contribution in [0, 0.1) is 12.8 Å². The molecule has 19 heavy (non-hydrogen) atoms. The summed E-state index contributed by atoms with van der Waals surface area (Å²) in [4.78, 5) is 15.6. The first kappa shape index (κ1) is 12.2. The number of aryl methyl sites for hydroxylation is 1. The summed E-state index contributed by atoms with van der Waals surface area (Å²) in [6.07, 6.45) is 1.05. The fourth-order valence-corrected chi connectivity index (χ4v) is 2.65. The number of para-hydroxylation sites is 1. The maximum atomic E-state index is 11.2. The van der Waals surface area contributed by atoms with Crippen molar-refractivity contribution in [3.8, 4) is 0 Å². The third-order valence-corrected chi connectivity index (χ3v) is 3.66. The van der Waals surface area contributed by atoms with Crippen LogP contribution >= 0.6 is 0 Å². The maximum Gasteiger partial charge on any atom is 0.337 e. The molecule has 1 aromatic heterocycles. The number of imidazole rings is 1. The van der Waals surface area contributed by atoms with Crippen LogP contribution in [0.1, 0.15) is 22.6 Å². The first-order chi connectivity index (χ1) is 9.16. The van der Waals surface area contributed by atoms with Gasteiger partial charge >= 0.3 is 5.97 Å². The van der Waals surface area contributed by atoms with E-state index in [2.05, 4.69) is 9.55 Å². The number of carboxylic acid groups (broad SMARTS) is 1. The summed E-state index contributed by atoms with van der Waals surface area (Å²) in [6, 6.07) is 5.30. The standard InChI is InChI=1S/C14H16N2O3/c1-9-15-13-11(14(17)18)3-2-4-12(13)16(9)7-10-5-6-19-8-10/h2-4,10H,5-8H2,1H3,(H,17,18). The van der Waals surface area contributed by atoms with Crippen molar-refractivity contribution in [3.63, 3.8) is 0 Å². The predicted octanol–water partition coefficient (Wildman–Crippen LogP) is 2.08. The number of benzene rings is 1. The smallest absolute Gasteiger partial charge is 0.337 e. The van der Waals surface area contributed by atoms with Gasteiger partial charge in [0.2, 0.25) is 0 Å². The van der Waals surface area contributed by atoms with Gasteiger partial charge in [-0.2, -0.15) is 0 Å². The highest BCUT2D eigenvalue weighted by Gasteiger charge is 2.20. The number of hydrogen-bond acceptors (Lipinski definition) is 3. The summed E-state index contributed by atoms with van der Waals surface area (Å²) < 4.78 is 7.49. The highest BCUT2D eigenvalue weighted by Crippen LogP contribution is 2.23. The van der Waals surface area contributed by atoms with E-state index in [1.54, 1.807) is 12.1 Å². The molecule has 2 aromatic rings. The summed E-state index contributed by atoms with van der Waals surface area (Å²) in [7, 11) is 0. The molecular formula is C14H16N2O3. The monoisotopic (exact) mass is 260 g/mol. The highest BCUT2D eigenvalue weighted by molar-refractivity contribution is 6.01. The van der Waals surface area contributed by atoms with Crippen molar-refractivity contribution in [1.29, 1.82) is 0 Å². The number of fused-ring (bicyclic) bond motifs is 1. The van der Waals surface area contributed by atoms with Gasteiger partial charge in [-0.25, -0.2) is 9.78 Å². The molecule has 0 radical (unpaired) electrons. The van der Waals surface area contributed by atoms with Gasteiger partial charge in [0.1, 0.15) is 11.3 Å². The minimum Gasteiger partial charge on any atom is -0.478 e. The van der Waals surface area contributed by atoms with E-state index < -0.39 is 5.97 Å². The maximum absolute atomic E-state index is 11.2. The fraction of sp³-hybridized carbons (Fsp3) is 0.429. The number of carbonyl (C=O) groups is 1. The molecule has 100 valence electrons. The summed E-state index contributed by atoms with van der Waals surface area (Å²) >= 11 is 0. The largest absolute Gasteiger partial charge is 0.478 e. The van der Waals surface area contributed by atoms with Crippen molar-refractivity contribution in [3.05, 3.63) is 29.6 Å². The van der Waals surface area contributed by atoms with E-state index in [1.165, 1.54) is 0 Å². The van der Waals surface area contributed by atoms with Gasteiger partial charge in [-0.1, -0.05) is 6.07 Å². The molecule has 1 aromatic carbocycles. The number of rotatable bonds is 3. The Morgan fingerprint density at radius 2 is 2.42 bits per heavy atom. The molecule has 2 heterocycles. The zero-order valence-corrected chi connectivity index (χ0v) is 10.8. The van der Waals surface area contributed by atoms with Crippen LogP contribution in [0.5, 0.6) is 0 Å². The lowest BCUT2D eigenvalue weighted by molar-refractivity contribution is 0.0699. The molecule has 1 atom stereocenters. The van der Waals surface area contributed by atoms with Gasteiger partial charge in [0, 0.05) is 19.1 Å². The van der Waals surface area contributed by atoms with Gasteiger partial charge in [-0.15, -0.1) is 0 Å². The quantitative estimate of drug-likeness (QED) is 0.917. The Hall–Kier alpha value is -1.88. The third-order valence-electron chi connectivity index (χ3n) is 3.66. The molecule has 5 nitrogen and oxygen atoms in total. The van der Waals surface area contributed by atoms with E-state index in [1.807, 2.05) is 13.0 Å². The number of carboxylic acids is 1. The van der Waals surface area contributed by atoms with Gasteiger partial charge in [-0.05, 0) is 25.5 Å². The number of nitrogens with zero attached hydrogens (tertiary/aromatic N) is 2. The lowest BCUT2D eigenvalue weighted by Crippen LogP contribution is -2.11. The van der Waals surface area contributed by atoms with Crippen molar-refractivity contribution in [1.82, 2.24) is 9.55 Å². The van der Waals surface area contributed by atoms with Crippen molar-refractivity contribution >= 4 is 17.0 Å². The Bertz CT molecular complexity index is 627. The lowest BCUT2D eigenvalue weighted by Gasteiger charge is -2.11. The normalized spacial score (nSPS) is 19.1. The van der Waals surface area contributed by atoms with Crippen LogP contribution in [0.2, 0.25) is 0 Å². The van der Waals surface area contributed by atoms with Crippen LogP contribution in [0.3, 0.4) is 0 Å². The van der Waals surface area contributed by atoms with Crippen LogP contribution in [-0.4, -0.2) is 33.8 Å². The van der Waals surface area contributed by atoms with E-state index in [0.29, 0.717) is 11.4 Å². The second-order valence-corrected chi connectivity index (χ2v) is 4.98. The molecule has 1 fully saturated rings. The van der Waals surface area contributed by atoms with E-state index in [-0.39, 0.29) is 5.56 Å². The number of aromatic carboxylic acids is 1. The van der Waals surface area contributed by atoms with Crippen molar-refractivity contribution in [2.45, 2.75) is 19.9 Å². The number of ether oxygens (including phenoxy) is 1. The summed E-state index contributed by atoms with van der Waals surface area (Å²) in [5.74, 6) is 0.416. The molecule has 0 spiro atoms. The first-order valence-electron chi connectivity index (χ1n) is 6.43. The molecule has 1 aliphatic rings. The molecule has 1 N–H and O–H groups in total. The average Bonchev–Trinajstić information content (AvgIpc) is 2.98. The predicted molar refractivity (Wildman–Crippen MR) is 70.4 cm³/mol. The Morgan fingerprint density at radius 3 is 3.11 bits per heavy atom. The second-order valence-electron chi connectivity index (χ2n) is 4.98. The Labute approximate surface area is 110 Å². The summed E-state index contributed by atoms with van der Waals surface area (Å²) in [6.45, 7) is 4.35. The van der Waals surface area contributed by atoms with E-state index >= 15 is 0 Å². The van der Waals surface area contributed by atoms with Gasteiger partial charge in [0.05, 0.1) is 17.7 Å². The highest BCUT2D eigenvalue weighted by atomic mass is 16.5. The molecule has 1 saturated heterocycles. The van der Waals surface area contributed by atoms with E-state index in [4.69, 9.17) is 4.74 Å². The zero-order valence-electron chi connectivity index (χ0n) is 10.8. The van der Waals surface area contributed by atoms with Crippen LogP contribution in [0.25, 0.3) is 11.0 Å². The Morgan fingerprint density at radius 1 is 1.58 bits per heavy atom. The minimum atomic E-state index is -0.931. The molecular weight excluding hydrogens is 244 g/mol. The molecule has 1 unspecified atom stereocenters. The molecule has 0 saturated carbocycles. The van der Waals surface area contributed by atoms with Crippen LogP contribution in [0.15, 0.2) is 18.2 Å². The molecule has 0 aliphatic carbocycles. The van der Waals surface area contributed by atoms with Gasteiger partial charge in [0.15, 0.2) is 0 Å². The van der Waals surface area contributed by atoms with Crippen molar-refractivity contribution < 1.29 is 14.6 Å². The molecule has 3 rings (SSSR count). The van der Waals surface area contributed by atoms with E-state index in [0.717, 1.165) is 37.5 Å². The molecule has 1 aliphatic heterocycles. The summed E-state index contributed by atoms with van der Waals surface area (Å²) in [5, 5.41) is 9.20. The molecule has 0 bridgehead atoms. The minimum absolute atomic E-state index is 0.266. The third kappa shape index (κ3) is 2.10. The second kappa shape index (κ2) is 4.66. The average molecular weight is 260 g/mol. The summed E-state index contributed by atoms with van der Waals surface area (Å²) in [5.41, 5.74) is 1.73. The van der Waals surface area contributed by atoms with Gasteiger partial charge < -0.3 is 14.4 Å². The molecule has 5 heteroatoms. The number of hydrogen-bond donors (Lipinski definition) is 1. The van der Waals surface area contributed by atoms with Gasteiger partial charge in [-0.3, -0.25) is 0 Å².